The van der Waals surface area contributed by atoms with Gasteiger partial charge in [-0.1, -0.05) is 6.42 Å². The molecule has 0 unspecified atom stereocenters. The van der Waals surface area contributed by atoms with Gasteiger partial charge in [0.25, 0.3) is 5.91 Å². The third-order valence-electron chi connectivity index (χ3n) is 7.15. The van der Waals surface area contributed by atoms with Crippen molar-refractivity contribution in [2.45, 2.75) is 38.1 Å². The second kappa shape index (κ2) is 9.51. The number of aromatic nitrogens is 3. The normalized spacial score (nSPS) is 19.5. The average Bonchev–Trinajstić information content (AvgIpc) is 3.05. The van der Waals surface area contributed by atoms with Crippen molar-refractivity contribution in [1.82, 2.24) is 24.8 Å². The Bertz CT molecular complexity index is 1000. The summed E-state index contributed by atoms with van der Waals surface area (Å²) in [6.45, 7) is 5.35. The molecular weight excluding hydrogens is 420 g/mol. The van der Waals surface area contributed by atoms with Crippen LogP contribution in [0.25, 0.3) is 0 Å². The Morgan fingerprint density at radius 2 is 1.76 bits per heavy atom. The lowest BCUT2D eigenvalue weighted by molar-refractivity contribution is 0.0758. The number of fused-ring (bicyclic) bond motifs is 1. The molecule has 33 heavy (non-hydrogen) atoms. The van der Waals surface area contributed by atoms with E-state index in [0.29, 0.717) is 31.0 Å². The number of pyridine rings is 1. The number of carbonyl (C=O) groups excluding carboxylic acids is 1. The Hall–Kier alpha value is -2.94. The lowest BCUT2D eigenvalue weighted by Crippen LogP contribution is -2.52. The molecule has 2 aromatic rings. The molecule has 0 spiro atoms. The highest BCUT2D eigenvalue weighted by Gasteiger charge is 2.29. The zero-order valence-corrected chi connectivity index (χ0v) is 19.5. The van der Waals surface area contributed by atoms with Crippen molar-refractivity contribution >= 4 is 11.9 Å². The number of rotatable bonds is 5. The Morgan fingerprint density at radius 1 is 0.970 bits per heavy atom. The summed E-state index contributed by atoms with van der Waals surface area (Å²) in [5.41, 5.74) is 2.62. The molecule has 4 heterocycles. The lowest BCUT2D eigenvalue weighted by atomic mass is 9.91. The van der Waals surface area contributed by atoms with Gasteiger partial charge in [-0.3, -0.25) is 9.69 Å². The molecule has 0 bridgehead atoms. The quantitative estimate of drug-likeness (QED) is 0.679. The SMILES string of the molecule is COc1ccc(C(=O)N2CCc3cnc(N4CCN(C5CCC5)CC4)nc3CC2)c(OC)n1. The molecule has 9 heteroatoms. The molecular formula is C24H32N6O3. The van der Waals surface area contributed by atoms with Crippen LogP contribution in [0.3, 0.4) is 0 Å². The molecule has 0 radical (unpaired) electrons. The summed E-state index contributed by atoms with van der Waals surface area (Å²) in [7, 11) is 3.05. The monoisotopic (exact) mass is 452 g/mol. The van der Waals surface area contributed by atoms with Crippen LogP contribution in [0.5, 0.6) is 11.8 Å². The Morgan fingerprint density at radius 3 is 2.45 bits per heavy atom. The van der Waals surface area contributed by atoms with Crippen LogP contribution in [0.4, 0.5) is 5.95 Å². The van der Waals surface area contributed by atoms with E-state index in [1.807, 2.05) is 11.1 Å². The van der Waals surface area contributed by atoms with Crippen LogP contribution < -0.4 is 14.4 Å². The molecule has 176 valence electrons. The molecule has 5 rings (SSSR count). The molecule has 2 aliphatic heterocycles. The summed E-state index contributed by atoms with van der Waals surface area (Å²) in [6.07, 6.45) is 7.48. The zero-order valence-electron chi connectivity index (χ0n) is 19.5. The Labute approximate surface area is 194 Å². The maximum Gasteiger partial charge on any atom is 0.259 e. The summed E-state index contributed by atoms with van der Waals surface area (Å²) in [6, 6.07) is 4.19. The number of ether oxygens (including phenoxy) is 2. The lowest BCUT2D eigenvalue weighted by Gasteiger charge is -2.43. The van der Waals surface area contributed by atoms with E-state index in [-0.39, 0.29) is 11.8 Å². The van der Waals surface area contributed by atoms with Crippen LogP contribution in [0, 0.1) is 0 Å². The van der Waals surface area contributed by atoms with Gasteiger partial charge in [0.15, 0.2) is 0 Å². The van der Waals surface area contributed by atoms with Gasteiger partial charge in [0.05, 0.1) is 19.9 Å². The van der Waals surface area contributed by atoms with E-state index >= 15 is 0 Å². The smallest absolute Gasteiger partial charge is 0.259 e. The Kier molecular flexibility index (Phi) is 6.30. The maximum absolute atomic E-state index is 13.2. The first-order chi connectivity index (χ1) is 16.2. The number of hydrogen-bond donors (Lipinski definition) is 0. The molecule has 2 fully saturated rings. The van der Waals surface area contributed by atoms with E-state index in [2.05, 4.69) is 19.8 Å². The summed E-state index contributed by atoms with van der Waals surface area (Å²) >= 11 is 0. The van der Waals surface area contributed by atoms with Crippen molar-refractivity contribution in [1.29, 1.82) is 0 Å². The fourth-order valence-electron chi connectivity index (χ4n) is 4.89. The topological polar surface area (TPSA) is 83.9 Å². The number of methoxy groups -OCH3 is 2. The number of amides is 1. The molecule has 0 N–H and O–H groups in total. The highest BCUT2D eigenvalue weighted by Crippen LogP contribution is 2.27. The molecule has 0 atom stereocenters. The molecule has 3 aliphatic rings. The second-order valence-corrected chi connectivity index (χ2v) is 8.95. The van der Waals surface area contributed by atoms with Gasteiger partial charge in [-0.2, -0.15) is 4.98 Å². The van der Waals surface area contributed by atoms with E-state index < -0.39 is 0 Å². The van der Waals surface area contributed by atoms with Crippen molar-refractivity contribution in [3.8, 4) is 11.8 Å². The van der Waals surface area contributed by atoms with E-state index in [1.54, 1.807) is 19.2 Å². The van der Waals surface area contributed by atoms with Gasteiger partial charge in [-0.05, 0) is 30.9 Å². The molecule has 2 aromatic heterocycles. The average molecular weight is 453 g/mol. The highest BCUT2D eigenvalue weighted by atomic mass is 16.5. The number of carbonyl (C=O) groups is 1. The van der Waals surface area contributed by atoms with Crippen LogP contribution in [0.1, 0.15) is 40.9 Å². The maximum atomic E-state index is 13.2. The van der Waals surface area contributed by atoms with Crippen LogP contribution in [-0.2, 0) is 12.8 Å². The first kappa shape index (κ1) is 21.9. The summed E-state index contributed by atoms with van der Waals surface area (Å²) in [5, 5.41) is 0. The van der Waals surface area contributed by atoms with Crippen LogP contribution >= 0.6 is 0 Å². The van der Waals surface area contributed by atoms with E-state index in [9.17, 15) is 4.79 Å². The van der Waals surface area contributed by atoms with Gasteiger partial charge >= 0.3 is 0 Å². The van der Waals surface area contributed by atoms with E-state index in [1.165, 1.54) is 26.4 Å². The van der Waals surface area contributed by atoms with Crippen molar-refractivity contribution in [3.05, 3.63) is 35.2 Å². The Balaban J connectivity index is 1.25. The number of anilines is 1. The third kappa shape index (κ3) is 4.46. The van der Waals surface area contributed by atoms with Crippen LogP contribution in [-0.4, -0.2) is 90.2 Å². The van der Waals surface area contributed by atoms with E-state index in [4.69, 9.17) is 14.5 Å². The van der Waals surface area contributed by atoms with Crippen molar-refractivity contribution in [2.24, 2.45) is 0 Å². The molecule has 1 saturated carbocycles. The summed E-state index contributed by atoms with van der Waals surface area (Å²) in [4.78, 5) is 33.9. The molecule has 1 amide bonds. The first-order valence-electron chi connectivity index (χ1n) is 11.9. The molecule has 1 aliphatic carbocycles. The molecule has 9 nitrogen and oxygen atoms in total. The van der Waals surface area contributed by atoms with Crippen LogP contribution in [0.15, 0.2) is 18.3 Å². The highest BCUT2D eigenvalue weighted by molar-refractivity contribution is 5.96. The molecule has 1 saturated heterocycles. The largest absolute Gasteiger partial charge is 0.481 e. The number of nitrogens with zero attached hydrogens (tertiary/aromatic N) is 6. The standard InChI is InChI=1S/C24H32N6O3/c1-32-21-7-6-19(22(27-21)33-2)23(31)29-10-8-17-16-25-24(26-20(17)9-11-29)30-14-12-28(13-15-30)18-4-3-5-18/h6-7,16,18H,3-5,8-15H2,1-2H3. The van der Waals surface area contributed by atoms with Crippen molar-refractivity contribution in [2.75, 3.05) is 58.4 Å². The number of hydrogen-bond acceptors (Lipinski definition) is 8. The number of piperazine rings is 1. The van der Waals surface area contributed by atoms with E-state index in [0.717, 1.165) is 55.8 Å². The van der Waals surface area contributed by atoms with Crippen LogP contribution in [0.2, 0.25) is 0 Å². The second-order valence-electron chi connectivity index (χ2n) is 8.95. The summed E-state index contributed by atoms with van der Waals surface area (Å²) in [5.74, 6) is 1.44. The van der Waals surface area contributed by atoms with Crippen molar-refractivity contribution in [3.63, 3.8) is 0 Å². The van der Waals surface area contributed by atoms with Gasteiger partial charge in [0.2, 0.25) is 17.7 Å². The van der Waals surface area contributed by atoms with Gasteiger partial charge < -0.3 is 19.3 Å². The predicted molar refractivity (Wildman–Crippen MR) is 124 cm³/mol. The predicted octanol–water partition coefficient (Wildman–Crippen LogP) is 1.80. The fraction of sp³-hybridized carbons (Fsp3) is 0.583. The van der Waals surface area contributed by atoms with Gasteiger partial charge in [0, 0.05) is 64.0 Å². The van der Waals surface area contributed by atoms with Crippen molar-refractivity contribution < 1.29 is 14.3 Å². The first-order valence-corrected chi connectivity index (χ1v) is 11.9. The minimum Gasteiger partial charge on any atom is -0.481 e. The summed E-state index contributed by atoms with van der Waals surface area (Å²) < 4.78 is 10.5. The molecule has 0 aromatic carbocycles. The third-order valence-corrected chi connectivity index (χ3v) is 7.15. The van der Waals surface area contributed by atoms with Gasteiger partial charge in [-0.25, -0.2) is 9.97 Å². The zero-order chi connectivity index (χ0) is 22.8. The minimum absolute atomic E-state index is 0.0879. The van der Waals surface area contributed by atoms with Gasteiger partial charge in [0.1, 0.15) is 5.56 Å². The van der Waals surface area contributed by atoms with Gasteiger partial charge in [-0.15, -0.1) is 0 Å². The minimum atomic E-state index is -0.0879. The fourth-order valence-corrected chi connectivity index (χ4v) is 4.89.